The molecule has 0 bridgehead atoms. The summed E-state index contributed by atoms with van der Waals surface area (Å²) in [4.78, 5) is 13.4. The summed E-state index contributed by atoms with van der Waals surface area (Å²) in [5.74, 6) is 0.0144. The van der Waals surface area contributed by atoms with Crippen LogP contribution in [0.4, 0.5) is 0 Å². The van der Waals surface area contributed by atoms with Crippen molar-refractivity contribution in [3.05, 3.63) is 40.2 Å². The molecule has 0 saturated carbocycles. The first-order chi connectivity index (χ1) is 7.59. The summed E-state index contributed by atoms with van der Waals surface area (Å²) in [6, 6.07) is 6.94. The highest BCUT2D eigenvalue weighted by atomic mass is 16.4. The van der Waals surface area contributed by atoms with E-state index in [1.807, 2.05) is 14.1 Å². The molecule has 0 unspecified atom stereocenters. The van der Waals surface area contributed by atoms with E-state index in [0.29, 0.717) is 23.1 Å². The van der Waals surface area contributed by atoms with Crippen molar-refractivity contribution >= 4 is 11.0 Å². The standard InChI is InChI=1S/C12H13NO3/c1-13(2)7-9-11(14)8-5-3-4-6-10(8)16-12(9)15/h3-6,14H,7H2,1-2H3. The monoisotopic (exact) mass is 219 g/mol. The molecule has 1 aromatic heterocycles. The van der Waals surface area contributed by atoms with Gasteiger partial charge in [-0.3, -0.25) is 0 Å². The van der Waals surface area contributed by atoms with Crippen LogP contribution in [-0.2, 0) is 6.54 Å². The van der Waals surface area contributed by atoms with Crippen LogP contribution >= 0.6 is 0 Å². The van der Waals surface area contributed by atoms with Gasteiger partial charge in [0, 0.05) is 6.54 Å². The zero-order valence-corrected chi connectivity index (χ0v) is 9.23. The molecular formula is C12H13NO3. The van der Waals surface area contributed by atoms with Gasteiger partial charge in [0.15, 0.2) is 0 Å². The molecule has 0 radical (unpaired) electrons. The molecule has 0 aliphatic heterocycles. The Morgan fingerprint density at radius 2 is 2.00 bits per heavy atom. The molecule has 1 heterocycles. The van der Waals surface area contributed by atoms with Crippen molar-refractivity contribution in [2.45, 2.75) is 6.54 Å². The summed E-state index contributed by atoms with van der Waals surface area (Å²) in [6.45, 7) is 0.360. The van der Waals surface area contributed by atoms with E-state index in [1.165, 1.54) is 0 Å². The molecular weight excluding hydrogens is 206 g/mol. The summed E-state index contributed by atoms with van der Waals surface area (Å²) >= 11 is 0. The molecule has 0 aliphatic rings. The fourth-order valence-electron chi connectivity index (χ4n) is 1.63. The summed E-state index contributed by atoms with van der Waals surface area (Å²) in [5.41, 5.74) is 0.223. The number of nitrogens with zero attached hydrogens (tertiary/aromatic N) is 1. The van der Waals surface area contributed by atoms with Gasteiger partial charge in [-0.2, -0.15) is 0 Å². The normalized spacial score (nSPS) is 11.2. The first kappa shape index (κ1) is 10.7. The lowest BCUT2D eigenvalue weighted by Crippen LogP contribution is -2.18. The van der Waals surface area contributed by atoms with Crippen LogP contribution < -0.4 is 5.63 Å². The van der Waals surface area contributed by atoms with E-state index >= 15 is 0 Å². The Morgan fingerprint density at radius 1 is 1.31 bits per heavy atom. The Morgan fingerprint density at radius 3 is 2.69 bits per heavy atom. The Labute approximate surface area is 92.7 Å². The predicted molar refractivity (Wildman–Crippen MR) is 61.5 cm³/mol. The molecule has 0 fully saturated rings. The SMILES string of the molecule is CN(C)Cc1c(O)c2ccccc2oc1=O. The van der Waals surface area contributed by atoms with E-state index < -0.39 is 5.63 Å². The van der Waals surface area contributed by atoms with Gasteiger partial charge < -0.3 is 14.4 Å². The van der Waals surface area contributed by atoms with Crippen LogP contribution in [0.15, 0.2) is 33.5 Å². The minimum absolute atomic E-state index is 0.0144. The third kappa shape index (κ3) is 1.79. The van der Waals surface area contributed by atoms with E-state index in [0.717, 1.165) is 0 Å². The highest BCUT2D eigenvalue weighted by Gasteiger charge is 2.13. The molecule has 84 valence electrons. The highest BCUT2D eigenvalue weighted by Crippen LogP contribution is 2.26. The fraction of sp³-hybridized carbons (Fsp3) is 0.250. The summed E-state index contributed by atoms with van der Waals surface area (Å²) in [6.07, 6.45) is 0. The van der Waals surface area contributed by atoms with Gasteiger partial charge in [-0.15, -0.1) is 0 Å². The number of rotatable bonds is 2. The van der Waals surface area contributed by atoms with E-state index in [9.17, 15) is 9.90 Å². The number of para-hydroxylation sites is 1. The van der Waals surface area contributed by atoms with Crippen molar-refractivity contribution in [3.8, 4) is 5.75 Å². The van der Waals surface area contributed by atoms with Crippen molar-refractivity contribution in [3.63, 3.8) is 0 Å². The smallest absolute Gasteiger partial charge is 0.344 e. The van der Waals surface area contributed by atoms with Crippen molar-refractivity contribution in [1.29, 1.82) is 0 Å². The Kier molecular flexibility index (Phi) is 2.66. The highest BCUT2D eigenvalue weighted by molar-refractivity contribution is 5.83. The Hall–Kier alpha value is -1.81. The maximum Gasteiger partial charge on any atom is 0.344 e. The summed E-state index contributed by atoms with van der Waals surface area (Å²) in [5, 5.41) is 10.6. The van der Waals surface area contributed by atoms with E-state index in [-0.39, 0.29) is 5.75 Å². The van der Waals surface area contributed by atoms with Gasteiger partial charge in [-0.05, 0) is 26.2 Å². The zero-order valence-electron chi connectivity index (χ0n) is 9.23. The molecule has 2 rings (SSSR count). The van der Waals surface area contributed by atoms with Crippen LogP contribution in [0.3, 0.4) is 0 Å². The van der Waals surface area contributed by atoms with E-state index in [1.54, 1.807) is 29.2 Å². The molecule has 1 aromatic carbocycles. The maximum absolute atomic E-state index is 11.6. The molecule has 0 atom stereocenters. The van der Waals surface area contributed by atoms with Crippen LogP contribution in [0.2, 0.25) is 0 Å². The van der Waals surface area contributed by atoms with Crippen LogP contribution in [-0.4, -0.2) is 24.1 Å². The number of hydrogen-bond donors (Lipinski definition) is 1. The molecule has 4 heteroatoms. The molecule has 16 heavy (non-hydrogen) atoms. The molecule has 1 N–H and O–H groups in total. The van der Waals surface area contributed by atoms with Crippen molar-refractivity contribution in [2.75, 3.05) is 14.1 Å². The zero-order chi connectivity index (χ0) is 11.7. The molecule has 0 aliphatic carbocycles. The largest absolute Gasteiger partial charge is 0.507 e. The second-order valence-corrected chi connectivity index (χ2v) is 3.95. The van der Waals surface area contributed by atoms with Gasteiger partial charge in [0.25, 0.3) is 0 Å². The number of benzene rings is 1. The third-order valence-electron chi connectivity index (χ3n) is 2.35. The van der Waals surface area contributed by atoms with Crippen LogP contribution in [0.25, 0.3) is 11.0 Å². The van der Waals surface area contributed by atoms with E-state index in [2.05, 4.69) is 0 Å². The fourth-order valence-corrected chi connectivity index (χ4v) is 1.63. The first-order valence-corrected chi connectivity index (χ1v) is 4.98. The number of fused-ring (bicyclic) bond motifs is 1. The lowest BCUT2D eigenvalue weighted by atomic mass is 10.1. The third-order valence-corrected chi connectivity index (χ3v) is 2.35. The van der Waals surface area contributed by atoms with Crippen molar-refractivity contribution in [1.82, 2.24) is 4.90 Å². The summed E-state index contributed by atoms with van der Waals surface area (Å²) in [7, 11) is 3.65. The Bertz CT molecular complexity index is 572. The summed E-state index contributed by atoms with van der Waals surface area (Å²) < 4.78 is 5.13. The molecule has 4 nitrogen and oxygen atoms in total. The maximum atomic E-state index is 11.6. The van der Waals surface area contributed by atoms with Gasteiger partial charge in [0.2, 0.25) is 0 Å². The molecule has 2 aromatic rings. The van der Waals surface area contributed by atoms with Gasteiger partial charge in [0.1, 0.15) is 11.3 Å². The average molecular weight is 219 g/mol. The van der Waals surface area contributed by atoms with Gasteiger partial charge in [0.05, 0.1) is 10.9 Å². The Balaban J connectivity index is 2.71. The van der Waals surface area contributed by atoms with E-state index in [4.69, 9.17) is 4.42 Å². The quantitative estimate of drug-likeness (QED) is 0.779. The van der Waals surface area contributed by atoms with Gasteiger partial charge in [-0.25, -0.2) is 4.79 Å². The molecule has 0 saturated heterocycles. The first-order valence-electron chi connectivity index (χ1n) is 4.98. The lowest BCUT2D eigenvalue weighted by Gasteiger charge is -2.10. The van der Waals surface area contributed by atoms with Gasteiger partial charge >= 0.3 is 5.63 Å². The van der Waals surface area contributed by atoms with Gasteiger partial charge in [-0.1, -0.05) is 12.1 Å². The average Bonchev–Trinajstić information content (AvgIpc) is 2.24. The number of hydrogen-bond acceptors (Lipinski definition) is 4. The predicted octanol–water partition coefficient (Wildman–Crippen LogP) is 1.56. The number of aromatic hydroxyl groups is 1. The molecule has 0 spiro atoms. The second kappa shape index (κ2) is 3.98. The van der Waals surface area contributed by atoms with Crippen molar-refractivity contribution in [2.24, 2.45) is 0 Å². The second-order valence-electron chi connectivity index (χ2n) is 3.95. The van der Waals surface area contributed by atoms with Crippen LogP contribution in [0, 0.1) is 0 Å². The minimum atomic E-state index is -0.482. The minimum Gasteiger partial charge on any atom is -0.507 e. The van der Waals surface area contributed by atoms with Crippen LogP contribution in [0.5, 0.6) is 5.75 Å². The van der Waals surface area contributed by atoms with Crippen molar-refractivity contribution < 1.29 is 9.52 Å². The van der Waals surface area contributed by atoms with Crippen LogP contribution in [0.1, 0.15) is 5.56 Å². The topological polar surface area (TPSA) is 53.7 Å². The lowest BCUT2D eigenvalue weighted by molar-refractivity contribution is 0.374. The molecule has 0 amide bonds.